The number of ether oxygens (including phenoxy) is 3. The van der Waals surface area contributed by atoms with Gasteiger partial charge in [-0.3, -0.25) is 14.5 Å². The summed E-state index contributed by atoms with van der Waals surface area (Å²) < 4.78 is 16.7. The van der Waals surface area contributed by atoms with E-state index in [9.17, 15) is 14.7 Å². The van der Waals surface area contributed by atoms with Crippen LogP contribution in [0.3, 0.4) is 0 Å². The molecule has 3 aliphatic rings. The Bertz CT molecular complexity index is 1170. The highest BCUT2D eigenvalue weighted by molar-refractivity contribution is 6.46. The van der Waals surface area contributed by atoms with Crippen molar-refractivity contribution in [3.05, 3.63) is 59.2 Å². The van der Waals surface area contributed by atoms with E-state index in [1.807, 2.05) is 43.3 Å². The number of rotatable bonds is 6. The summed E-state index contributed by atoms with van der Waals surface area (Å²) in [5, 5.41) is 11.4. The van der Waals surface area contributed by atoms with Gasteiger partial charge in [-0.15, -0.1) is 0 Å². The molecule has 0 aromatic heterocycles. The van der Waals surface area contributed by atoms with Crippen LogP contribution in [0.4, 0.5) is 5.69 Å². The first-order valence-electron chi connectivity index (χ1n) is 12.2. The summed E-state index contributed by atoms with van der Waals surface area (Å²) in [6.07, 6.45) is 0. The number of carbonyl (C=O) groups excluding carboxylic acids is 2. The molecule has 1 N–H and O–H groups in total. The summed E-state index contributed by atoms with van der Waals surface area (Å²) in [5.41, 5.74) is 2.24. The number of benzene rings is 2. The lowest BCUT2D eigenvalue weighted by Gasteiger charge is -2.31. The number of carbonyl (C=O) groups is 2. The van der Waals surface area contributed by atoms with E-state index in [-0.39, 0.29) is 11.3 Å². The zero-order chi connectivity index (χ0) is 25.2. The highest BCUT2D eigenvalue weighted by Gasteiger charge is 2.46. The van der Waals surface area contributed by atoms with Crippen molar-refractivity contribution < 1.29 is 28.9 Å². The number of aliphatic hydroxyl groups is 1. The average Bonchev–Trinajstić information content (AvgIpc) is 3.16. The number of nitrogens with zero attached hydrogens (tertiary/aromatic N) is 3. The van der Waals surface area contributed by atoms with Crippen LogP contribution in [-0.4, -0.2) is 93.3 Å². The molecular formula is C27H31N3O6. The molecule has 2 saturated heterocycles. The molecule has 9 nitrogen and oxygen atoms in total. The van der Waals surface area contributed by atoms with E-state index in [1.165, 1.54) is 0 Å². The molecule has 5 rings (SSSR count). The molecule has 190 valence electrons. The van der Waals surface area contributed by atoms with E-state index in [1.54, 1.807) is 23.1 Å². The number of morpholine rings is 1. The lowest BCUT2D eigenvalue weighted by Crippen LogP contribution is -2.42. The van der Waals surface area contributed by atoms with Crippen molar-refractivity contribution in [3.63, 3.8) is 0 Å². The maximum atomic E-state index is 13.3. The standard InChI is InChI=1S/C27H31N3O6/c1-28(2)20-6-3-18(4-7-20)24-23(25(31)19-5-8-21-22(17-19)36-16-15-35-21)26(32)27(33)30(24)10-9-29-11-13-34-14-12-29/h3-8,17,24,31H,9-16H2,1-2H3/b25-23+. The molecule has 1 unspecified atom stereocenters. The van der Waals surface area contributed by atoms with Crippen LogP contribution in [0.1, 0.15) is 17.2 Å². The van der Waals surface area contributed by atoms with Crippen LogP contribution in [0, 0.1) is 0 Å². The Hall–Kier alpha value is -3.56. The fraction of sp³-hybridized carbons (Fsp3) is 0.407. The lowest BCUT2D eigenvalue weighted by atomic mass is 9.95. The third-order valence-electron chi connectivity index (χ3n) is 6.84. The van der Waals surface area contributed by atoms with Gasteiger partial charge in [-0.25, -0.2) is 0 Å². The van der Waals surface area contributed by atoms with Gasteiger partial charge in [0.1, 0.15) is 19.0 Å². The Morgan fingerprint density at radius 1 is 0.944 bits per heavy atom. The molecule has 2 aromatic carbocycles. The van der Waals surface area contributed by atoms with Gasteiger partial charge < -0.3 is 29.1 Å². The molecule has 3 aliphatic heterocycles. The van der Waals surface area contributed by atoms with Gasteiger partial charge in [0.2, 0.25) is 0 Å². The van der Waals surface area contributed by atoms with E-state index in [0.29, 0.717) is 56.6 Å². The molecule has 1 amide bonds. The highest BCUT2D eigenvalue weighted by Crippen LogP contribution is 2.41. The average molecular weight is 494 g/mol. The molecule has 3 heterocycles. The fourth-order valence-electron chi connectivity index (χ4n) is 4.83. The zero-order valence-corrected chi connectivity index (χ0v) is 20.6. The monoisotopic (exact) mass is 493 g/mol. The number of ketones is 1. The van der Waals surface area contributed by atoms with Gasteiger partial charge in [0.05, 0.1) is 24.8 Å². The maximum absolute atomic E-state index is 13.3. The van der Waals surface area contributed by atoms with E-state index >= 15 is 0 Å². The Kier molecular flexibility index (Phi) is 6.84. The molecule has 0 radical (unpaired) electrons. The lowest BCUT2D eigenvalue weighted by molar-refractivity contribution is -0.140. The topological polar surface area (TPSA) is 91.8 Å². The van der Waals surface area contributed by atoms with Crippen molar-refractivity contribution in [1.82, 2.24) is 9.80 Å². The van der Waals surface area contributed by atoms with Crippen LogP contribution in [0.2, 0.25) is 0 Å². The zero-order valence-electron chi connectivity index (χ0n) is 20.6. The minimum absolute atomic E-state index is 0.0799. The van der Waals surface area contributed by atoms with Crippen LogP contribution in [-0.2, 0) is 14.3 Å². The van der Waals surface area contributed by atoms with Crippen LogP contribution in [0.25, 0.3) is 5.76 Å². The van der Waals surface area contributed by atoms with Gasteiger partial charge >= 0.3 is 0 Å². The minimum atomic E-state index is -0.699. The van der Waals surface area contributed by atoms with Gasteiger partial charge in [0.15, 0.2) is 11.5 Å². The second-order valence-corrected chi connectivity index (χ2v) is 9.29. The molecule has 2 fully saturated rings. The maximum Gasteiger partial charge on any atom is 0.295 e. The van der Waals surface area contributed by atoms with Gasteiger partial charge in [0.25, 0.3) is 11.7 Å². The molecule has 0 spiro atoms. The van der Waals surface area contributed by atoms with Crippen molar-refractivity contribution in [1.29, 1.82) is 0 Å². The van der Waals surface area contributed by atoms with Crippen molar-refractivity contribution >= 4 is 23.1 Å². The van der Waals surface area contributed by atoms with Gasteiger partial charge in [0, 0.05) is 51.5 Å². The first-order valence-corrected chi connectivity index (χ1v) is 12.2. The van der Waals surface area contributed by atoms with Crippen molar-refractivity contribution in [2.75, 3.05) is 71.6 Å². The minimum Gasteiger partial charge on any atom is -0.507 e. The smallest absolute Gasteiger partial charge is 0.295 e. The highest BCUT2D eigenvalue weighted by atomic mass is 16.6. The predicted molar refractivity (Wildman–Crippen MR) is 134 cm³/mol. The van der Waals surface area contributed by atoms with Gasteiger partial charge in [-0.1, -0.05) is 12.1 Å². The normalized spacial score (nSPS) is 21.6. The second kappa shape index (κ2) is 10.2. The molecule has 0 aliphatic carbocycles. The summed E-state index contributed by atoms with van der Waals surface area (Å²) in [6, 6.07) is 12.0. The summed E-state index contributed by atoms with van der Waals surface area (Å²) in [4.78, 5) is 32.3. The second-order valence-electron chi connectivity index (χ2n) is 9.29. The number of hydrogen-bond acceptors (Lipinski definition) is 8. The number of hydrogen-bond donors (Lipinski definition) is 1. The van der Waals surface area contributed by atoms with E-state index in [4.69, 9.17) is 14.2 Å². The Morgan fingerprint density at radius 3 is 2.33 bits per heavy atom. The van der Waals surface area contributed by atoms with Crippen LogP contribution in [0.15, 0.2) is 48.0 Å². The molecule has 2 aromatic rings. The first-order chi connectivity index (χ1) is 17.4. The summed E-state index contributed by atoms with van der Waals surface area (Å²) in [5.74, 6) is -0.436. The number of anilines is 1. The summed E-state index contributed by atoms with van der Waals surface area (Å²) in [6.45, 7) is 4.70. The van der Waals surface area contributed by atoms with E-state index in [2.05, 4.69) is 4.90 Å². The molecular weight excluding hydrogens is 462 g/mol. The van der Waals surface area contributed by atoms with Crippen molar-refractivity contribution in [2.24, 2.45) is 0 Å². The van der Waals surface area contributed by atoms with Gasteiger partial charge in [-0.05, 0) is 35.9 Å². The summed E-state index contributed by atoms with van der Waals surface area (Å²) >= 11 is 0. The SMILES string of the molecule is CN(C)c1ccc(C2/C(=C(\O)c3ccc4c(c3)OCCO4)C(=O)C(=O)N2CCN2CCOCC2)cc1. The van der Waals surface area contributed by atoms with Crippen molar-refractivity contribution in [3.8, 4) is 11.5 Å². The number of Topliss-reactive ketones (excluding diaryl/α,β-unsaturated/α-hetero) is 1. The van der Waals surface area contributed by atoms with Crippen LogP contribution in [0.5, 0.6) is 11.5 Å². The quantitative estimate of drug-likeness (QED) is 0.372. The van der Waals surface area contributed by atoms with Crippen LogP contribution < -0.4 is 14.4 Å². The first kappa shape index (κ1) is 24.1. The molecule has 9 heteroatoms. The molecule has 1 atom stereocenters. The molecule has 0 bridgehead atoms. The van der Waals surface area contributed by atoms with Crippen molar-refractivity contribution in [2.45, 2.75) is 6.04 Å². The van der Waals surface area contributed by atoms with Crippen LogP contribution >= 0.6 is 0 Å². The number of likely N-dealkylation sites (tertiary alicyclic amines) is 1. The molecule has 36 heavy (non-hydrogen) atoms. The van der Waals surface area contributed by atoms with Gasteiger partial charge in [-0.2, -0.15) is 0 Å². The Morgan fingerprint density at radius 2 is 1.64 bits per heavy atom. The number of aliphatic hydroxyl groups excluding tert-OH is 1. The largest absolute Gasteiger partial charge is 0.507 e. The number of fused-ring (bicyclic) bond motifs is 1. The molecule has 0 saturated carbocycles. The third-order valence-corrected chi connectivity index (χ3v) is 6.84. The Balaban J connectivity index is 1.53. The Labute approximate surface area is 210 Å². The third kappa shape index (κ3) is 4.64. The number of amides is 1. The predicted octanol–water partition coefficient (Wildman–Crippen LogP) is 2.28. The van der Waals surface area contributed by atoms with E-state index < -0.39 is 17.7 Å². The fourth-order valence-corrected chi connectivity index (χ4v) is 4.83. The van der Waals surface area contributed by atoms with E-state index in [0.717, 1.165) is 24.3 Å². The summed E-state index contributed by atoms with van der Waals surface area (Å²) in [7, 11) is 3.90.